The molecule has 2 atom stereocenters. The maximum absolute atomic E-state index is 14.6. The number of carbonyl (C=O) groups is 2. The topological polar surface area (TPSA) is 123 Å². The number of carboxylic acid groups (broad SMARTS) is 1. The van der Waals surface area contributed by atoms with Crippen LogP contribution in [0.3, 0.4) is 0 Å². The first-order chi connectivity index (χ1) is 17.5. The van der Waals surface area contributed by atoms with E-state index in [-0.39, 0.29) is 36.2 Å². The Morgan fingerprint density at radius 1 is 1.14 bits per heavy atom. The van der Waals surface area contributed by atoms with E-state index in [0.717, 1.165) is 4.68 Å². The van der Waals surface area contributed by atoms with Crippen LogP contribution in [0, 0.1) is 11.7 Å². The zero-order valence-electron chi connectivity index (χ0n) is 21.3. The van der Waals surface area contributed by atoms with Gasteiger partial charge in [-0.25, -0.2) is 4.39 Å². The number of ether oxygens (including phenoxy) is 2. The lowest BCUT2D eigenvalue weighted by atomic mass is 9.94. The third-order valence-corrected chi connectivity index (χ3v) is 6.02. The van der Waals surface area contributed by atoms with Crippen LogP contribution in [0.15, 0.2) is 54.6 Å². The summed E-state index contributed by atoms with van der Waals surface area (Å²) in [6.07, 6.45) is -0.367. The largest absolute Gasteiger partial charge is 0.494 e. The first-order valence-corrected chi connectivity index (χ1v) is 12.0. The number of carbonyl (C=O) groups excluding carboxylic acids is 1. The van der Waals surface area contributed by atoms with Gasteiger partial charge in [-0.2, -0.15) is 9.78 Å². The molecule has 1 heterocycles. The molecular formula is C27H32FN3O6. The molecule has 3 N–H and O–H groups in total. The van der Waals surface area contributed by atoms with Gasteiger partial charge in [0.15, 0.2) is 5.69 Å². The van der Waals surface area contributed by atoms with Crippen molar-refractivity contribution in [2.24, 2.45) is 5.92 Å². The molecule has 10 heteroatoms. The van der Waals surface area contributed by atoms with Crippen LogP contribution in [0.5, 0.6) is 11.6 Å². The molecule has 0 saturated heterocycles. The Bertz CT molecular complexity index is 1220. The molecule has 0 saturated carbocycles. The molecule has 198 valence electrons. The van der Waals surface area contributed by atoms with E-state index in [9.17, 15) is 24.2 Å². The fraction of sp³-hybridized carbons (Fsp3) is 0.370. The summed E-state index contributed by atoms with van der Waals surface area (Å²) in [5.41, 5.74) is -0.678. The fourth-order valence-corrected chi connectivity index (χ4v) is 3.38. The van der Waals surface area contributed by atoms with Gasteiger partial charge in [0.25, 0.3) is 5.91 Å². The SMILES string of the molecule is CCOc1ccc([C@H](CC(=O)O)NC(=O)c2cc(OC[C@@](C)(O)C(C)C)n(-c3ccccc3F)n2)cc1. The van der Waals surface area contributed by atoms with Gasteiger partial charge in [0.1, 0.15) is 23.9 Å². The van der Waals surface area contributed by atoms with Crippen molar-refractivity contribution < 1.29 is 33.7 Å². The molecule has 0 aliphatic carbocycles. The van der Waals surface area contributed by atoms with Crippen LogP contribution in [0.1, 0.15) is 56.2 Å². The molecule has 37 heavy (non-hydrogen) atoms. The summed E-state index contributed by atoms with van der Waals surface area (Å²) in [6.45, 7) is 7.49. The summed E-state index contributed by atoms with van der Waals surface area (Å²) >= 11 is 0. The van der Waals surface area contributed by atoms with Crippen LogP contribution < -0.4 is 14.8 Å². The van der Waals surface area contributed by atoms with Gasteiger partial charge in [-0.1, -0.05) is 38.1 Å². The average molecular weight is 514 g/mol. The van der Waals surface area contributed by atoms with E-state index >= 15 is 0 Å². The van der Waals surface area contributed by atoms with Crippen molar-refractivity contribution in [2.75, 3.05) is 13.2 Å². The molecule has 0 bridgehead atoms. The molecule has 0 spiro atoms. The van der Waals surface area contributed by atoms with E-state index in [4.69, 9.17) is 9.47 Å². The van der Waals surface area contributed by atoms with Crippen LogP contribution in [-0.4, -0.2) is 50.7 Å². The Balaban J connectivity index is 1.92. The minimum absolute atomic E-state index is 0.0482. The number of para-hydroxylation sites is 1. The maximum Gasteiger partial charge on any atom is 0.305 e. The predicted octanol–water partition coefficient (Wildman–Crippen LogP) is 4.14. The number of benzene rings is 2. The van der Waals surface area contributed by atoms with Crippen molar-refractivity contribution in [3.63, 3.8) is 0 Å². The zero-order valence-corrected chi connectivity index (χ0v) is 21.3. The van der Waals surface area contributed by atoms with Crippen molar-refractivity contribution >= 4 is 11.9 Å². The Morgan fingerprint density at radius 3 is 2.41 bits per heavy atom. The van der Waals surface area contributed by atoms with E-state index in [1.807, 2.05) is 20.8 Å². The fourth-order valence-electron chi connectivity index (χ4n) is 3.38. The summed E-state index contributed by atoms with van der Waals surface area (Å²) in [5, 5.41) is 26.9. The Hall–Kier alpha value is -3.92. The number of aliphatic hydroxyl groups is 1. The maximum atomic E-state index is 14.6. The number of hydrogen-bond donors (Lipinski definition) is 3. The molecule has 0 fully saturated rings. The number of nitrogens with one attached hydrogen (secondary N) is 1. The van der Waals surface area contributed by atoms with Gasteiger partial charge in [-0.15, -0.1) is 0 Å². The Morgan fingerprint density at radius 2 is 1.81 bits per heavy atom. The van der Waals surface area contributed by atoms with Crippen LogP contribution in [-0.2, 0) is 4.79 Å². The van der Waals surface area contributed by atoms with Gasteiger partial charge in [-0.3, -0.25) is 9.59 Å². The highest BCUT2D eigenvalue weighted by atomic mass is 19.1. The van der Waals surface area contributed by atoms with Crippen molar-refractivity contribution in [2.45, 2.75) is 45.8 Å². The molecule has 9 nitrogen and oxygen atoms in total. The second-order valence-electron chi connectivity index (χ2n) is 9.16. The molecule has 0 aliphatic rings. The standard InChI is InChI=1S/C27H32FN3O6/c1-5-36-19-12-10-18(11-13-19)21(15-25(32)33)29-26(34)22-14-24(37-16-27(4,35)17(2)3)31(30-22)23-9-7-6-8-20(23)28/h6-14,17,21,35H,5,15-16H2,1-4H3,(H,29,34)(H,32,33)/t21-,27+/m0/s1. The van der Waals surface area contributed by atoms with Crippen molar-refractivity contribution in [1.29, 1.82) is 0 Å². The number of aromatic nitrogens is 2. The first kappa shape index (κ1) is 27.7. The summed E-state index contributed by atoms with van der Waals surface area (Å²) in [4.78, 5) is 24.7. The zero-order chi connectivity index (χ0) is 27.2. The second kappa shape index (κ2) is 11.9. The highest BCUT2D eigenvalue weighted by Gasteiger charge is 2.28. The van der Waals surface area contributed by atoms with Gasteiger partial charge in [0.05, 0.1) is 24.7 Å². The van der Waals surface area contributed by atoms with Crippen molar-refractivity contribution in [3.05, 3.63) is 71.7 Å². The van der Waals surface area contributed by atoms with Crippen molar-refractivity contribution in [3.8, 4) is 17.3 Å². The first-order valence-electron chi connectivity index (χ1n) is 12.0. The van der Waals surface area contributed by atoms with Gasteiger partial charge < -0.3 is 25.0 Å². The van der Waals surface area contributed by atoms with E-state index in [2.05, 4.69) is 10.4 Å². The summed E-state index contributed by atoms with van der Waals surface area (Å²) < 4.78 is 26.9. The van der Waals surface area contributed by atoms with E-state index in [0.29, 0.717) is 17.9 Å². The number of halogens is 1. The molecule has 3 rings (SSSR count). The molecule has 1 aromatic heterocycles. The summed E-state index contributed by atoms with van der Waals surface area (Å²) in [6, 6.07) is 13.1. The molecule has 0 unspecified atom stereocenters. The molecular weight excluding hydrogens is 481 g/mol. The minimum atomic E-state index is -1.19. The van der Waals surface area contributed by atoms with Crippen LogP contribution in [0.25, 0.3) is 5.69 Å². The third kappa shape index (κ3) is 7.07. The smallest absolute Gasteiger partial charge is 0.305 e. The van der Waals surface area contributed by atoms with E-state index in [1.165, 1.54) is 24.3 Å². The second-order valence-corrected chi connectivity index (χ2v) is 9.16. The number of hydrogen-bond acceptors (Lipinski definition) is 6. The van der Waals surface area contributed by atoms with Crippen LogP contribution in [0.4, 0.5) is 4.39 Å². The van der Waals surface area contributed by atoms with Gasteiger partial charge in [0, 0.05) is 6.07 Å². The number of rotatable bonds is 12. The molecule has 2 aromatic carbocycles. The highest BCUT2D eigenvalue weighted by molar-refractivity contribution is 5.93. The van der Waals surface area contributed by atoms with Gasteiger partial charge >= 0.3 is 5.97 Å². The van der Waals surface area contributed by atoms with Gasteiger partial charge in [0.2, 0.25) is 5.88 Å². The van der Waals surface area contributed by atoms with E-state index in [1.54, 1.807) is 37.3 Å². The molecule has 0 aliphatic heterocycles. The monoisotopic (exact) mass is 513 g/mol. The summed E-state index contributed by atoms with van der Waals surface area (Å²) in [5.74, 6) is -1.82. The number of amides is 1. The lowest BCUT2D eigenvalue weighted by molar-refractivity contribution is -0.137. The third-order valence-electron chi connectivity index (χ3n) is 6.02. The highest BCUT2D eigenvalue weighted by Crippen LogP contribution is 2.26. The molecule has 1 amide bonds. The quantitative estimate of drug-likeness (QED) is 0.333. The minimum Gasteiger partial charge on any atom is -0.494 e. The Labute approximate surface area is 214 Å². The lowest BCUT2D eigenvalue weighted by Gasteiger charge is -2.27. The molecule has 3 aromatic rings. The summed E-state index contributed by atoms with van der Waals surface area (Å²) in [7, 11) is 0. The lowest BCUT2D eigenvalue weighted by Crippen LogP contribution is -2.38. The van der Waals surface area contributed by atoms with Crippen molar-refractivity contribution in [1.82, 2.24) is 15.1 Å². The predicted molar refractivity (Wildman–Crippen MR) is 135 cm³/mol. The van der Waals surface area contributed by atoms with E-state index < -0.39 is 29.3 Å². The Kier molecular flexibility index (Phi) is 8.88. The normalized spacial score (nSPS) is 13.6. The van der Waals surface area contributed by atoms with Crippen LogP contribution in [0.2, 0.25) is 0 Å². The number of aliphatic carboxylic acids is 1. The average Bonchev–Trinajstić information content (AvgIpc) is 3.27. The number of nitrogens with zero attached hydrogens (tertiary/aromatic N) is 2. The molecule has 0 radical (unpaired) electrons. The number of carboxylic acids is 1. The van der Waals surface area contributed by atoms with Crippen LogP contribution >= 0.6 is 0 Å². The van der Waals surface area contributed by atoms with Gasteiger partial charge in [-0.05, 0) is 49.6 Å².